The molecule has 2 N–H and O–H groups in total. The van der Waals surface area contributed by atoms with Crippen LogP contribution in [0.3, 0.4) is 0 Å². The first-order valence-electron chi connectivity index (χ1n) is 5.94. The quantitative estimate of drug-likeness (QED) is 0.838. The van der Waals surface area contributed by atoms with E-state index < -0.39 is 0 Å². The molecule has 96 valence electrons. The van der Waals surface area contributed by atoms with Gasteiger partial charge in [0.15, 0.2) is 5.82 Å². The van der Waals surface area contributed by atoms with Gasteiger partial charge in [0.05, 0.1) is 0 Å². The van der Waals surface area contributed by atoms with Crippen LogP contribution in [-0.2, 0) is 12.8 Å². The zero-order chi connectivity index (χ0) is 13.0. The Labute approximate surface area is 106 Å². The fraction of sp³-hybridized carbons (Fsp3) is 0.385. The molecule has 1 unspecified atom stereocenters. The summed E-state index contributed by atoms with van der Waals surface area (Å²) in [5.74, 6) is 1.46. The Balaban J connectivity index is 2.05. The van der Waals surface area contributed by atoms with Gasteiger partial charge < -0.3 is 14.9 Å². The number of aromatic hydroxyl groups is 1. The number of para-hydroxylation sites is 1. The van der Waals surface area contributed by atoms with Crippen LogP contribution >= 0.6 is 0 Å². The van der Waals surface area contributed by atoms with Crippen LogP contribution in [-0.4, -0.2) is 28.3 Å². The van der Waals surface area contributed by atoms with Crippen molar-refractivity contribution in [3.63, 3.8) is 0 Å². The number of aromatic nitrogens is 2. The molecule has 0 aliphatic carbocycles. The maximum Gasteiger partial charge on any atom is 0.228 e. The molecule has 0 radical (unpaired) electrons. The number of phenolic OH excluding ortho intramolecular Hbond substituents is 1. The van der Waals surface area contributed by atoms with Gasteiger partial charge in [0.2, 0.25) is 5.89 Å². The monoisotopic (exact) mass is 247 g/mol. The molecule has 5 nitrogen and oxygen atoms in total. The van der Waals surface area contributed by atoms with Crippen molar-refractivity contribution in [2.45, 2.75) is 25.8 Å². The van der Waals surface area contributed by atoms with Crippen LogP contribution in [0.15, 0.2) is 28.8 Å². The highest BCUT2D eigenvalue weighted by Crippen LogP contribution is 2.18. The minimum atomic E-state index is 0.257. The Hall–Kier alpha value is -1.88. The molecule has 0 aliphatic heterocycles. The fourth-order valence-corrected chi connectivity index (χ4v) is 1.64. The van der Waals surface area contributed by atoms with Crippen molar-refractivity contribution in [2.24, 2.45) is 0 Å². The predicted molar refractivity (Wildman–Crippen MR) is 67.4 cm³/mol. The van der Waals surface area contributed by atoms with Gasteiger partial charge >= 0.3 is 0 Å². The summed E-state index contributed by atoms with van der Waals surface area (Å²) in [5.41, 5.74) is 0.798. The molecule has 0 bridgehead atoms. The first kappa shape index (κ1) is 12.6. The lowest BCUT2D eigenvalue weighted by atomic mass is 10.1. The summed E-state index contributed by atoms with van der Waals surface area (Å²) in [6, 6.07) is 7.46. The molecule has 0 aliphatic rings. The van der Waals surface area contributed by atoms with Crippen LogP contribution in [0.2, 0.25) is 0 Å². The highest BCUT2D eigenvalue weighted by Gasteiger charge is 2.11. The molecular weight excluding hydrogens is 230 g/mol. The van der Waals surface area contributed by atoms with Crippen LogP contribution in [0.25, 0.3) is 0 Å². The second-order valence-corrected chi connectivity index (χ2v) is 4.30. The molecule has 0 saturated heterocycles. The van der Waals surface area contributed by atoms with Crippen LogP contribution in [0.5, 0.6) is 5.75 Å². The normalized spacial score (nSPS) is 12.6. The minimum Gasteiger partial charge on any atom is -0.508 e. The van der Waals surface area contributed by atoms with Gasteiger partial charge in [-0.05, 0) is 20.0 Å². The standard InChI is InChI=1S/C13H17N3O2/c1-9(14-2)7-13-15-12(16-18-13)8-10-5-3-4-6-11(10)17/h3-6,9,14,17H,7-8H2,1-2H3. The first-order chi connectivity index (χ1) is 8.69. The van der Waals surface area contributed by atoms with E-state index in [0.29, 0.717) is 30.6 Å². The van der Waals surface area contributed by atoms with Gasteiger partial charge in [-0.3, -0.25) is 0 Å². The smallest absolute Gasteiger partial charge is 0.228 e. The van der Waals surface area contributed by atoms with E-state index in [0.717, 1.165) is 5.56 Å². The van der Waals surface area contributed by atoms with E-state index in [1.165, 1.54) is 0 Å². The van der Waals surface area contributed by atoms with E-state index in [9.17, 15) is 5.11 Å². The molecule has 18 heavy (non-hydrogen) atoms. The number of hydrogen-bond donors (Lipinski definition) is 2. The largest absolute Gasteiger partial charge is 0.508 e. The van der Waals surface area contributed by atoms with Crippen molar-refractivity contribution < 1.29 is 9.63 Å². The van der Waals surface area contributed by atoms with Crippen molar-refractivity contribution in [3.8, 4) is 5.75 Å². The second-order valence-electron chi connectivity index (χ2n) is 4.30. The summed E-state index contributed by atoms with van der Waals surface area (Å²) < 4.78 is 5.17. The van der Waals surface area contributed by atoms with E-state index in [1.54, 1.807) is 12.1 Å². The highest BCUT2D eigenvalue weighted by atomic mass is 16.5. The van der Waals surface area contributed by atoms with Crippen molar-refractivity contribution in [2.75, 3.05) is 7.05 Å². The molecule has 2 rings (SSSR count). The molecular formula is C13H17N3O2. The molecule has 1 aromatic heterocycles. The average Bonchev–Trinajstić information content (AvgIpc) is 2.79. The number of nitrogens with zero attached hydrogens (tertiary/aromatic N) is 2. The summed E-state index contributed by atoms with van der Waals surface area (Å²) >= 11 is 0. The van der Waals surface area contributed by atoms with Gasteiger partial charge in [-0.1, -0.05) is 23.4 Å². The topological polar surface area (TPSA) is 71.2 Å². The van der Waals surface area contributed by atoms with E-state index in [1.807, 2.05) is 26.1 Å². The zero-order valence-corrected chi connectivity index (χ0v) is 10.6. The molecule has 1 aromatic carbocycles. The van der Waals surface area contributed by atoms with Gasteiger partial charge in [-0.15, -0.1) is 0 Å². The molecule has 0 fully saturated rings. The molecule has 1 heterocycles. The van der Waals surface area contributed by atoms with E-state index in [-0.39, 0.29) is 5.75 Å². The average molecular weight is 247 g/mol. The Kier molecular flexibility index (Phi) is 3.94. The van der Waals surface area contributed by atoms with Crippen molar-refractivity contribution in [1.82, 2.24) is 15.5 Å². The molecule has 0 amide bonds. The third-order valence-corrected chi connectivity index (χ3v) is 2.82. The van der Waals surface area contributed by atoms with Gasteiger partial charge in [0.25, 0.3) is 0 Å². The van der Waals surface area contributed by atoms with Gasteiger partial charge in [-0.25, -0.2) is 0 Å². The minimum absolute atomic E-state index is 0.257. The molecule has 1 atom stereocenters. The van der Waals surface area contributed by atoms with E-state index in [2.05, 4.69) is 15.5 Å². The fourth-order valence-electron chi connectivity index (χ4n) is 1.64. The summed E-state index contributed by atoms with van der Waals surface area (Å²) in [7, 11) is 1.89. The predicted octanol–water partition coefficient (Wildman–Crippen LogP) is 1.52. The van der Waals surface area contributed by atoms with Crippen LogP contribution in [0, 0.1) is 0 Å². The lowest BCUT2D eigenvalue weighted by Gasteiger charge is -2.04. The molecule has 0 saturated carbocycles. The highest BCUT2D eigenvalue weighted by molar-refractivity contribution is 5.33. The lowest BCUT2D eigenvalue weighted by molar-refractivity contribution is 0.361. The van der Waals surface area contributed by atoms with Crippen molar-refractivity contribution in [1.29, 1.82) is 0 Å². The third kappa shape index (κ3) is 3.07. The van der Waals surface area contributed by atoms with Gasteiger partial charge in [0, 0.05) is 24.4 Å². The Morgan fingerprint density at radius 1 is 1.39 bits per heavy atom. The maximum atomic E-state index is 9.67. The number of phenols is 1. The van der Waals surface area contributed by atoms with Crippen molar-refractivity contribution >= 4 is 0 Å². The molecule has 0 spiro atoms. The van der Waals surface area contributed by atoms with Gasteiger partial charge in [0.1, 0.15) is 5.75 Å². The number of rotatable bonds is 5. The van der Waals surface area contributed by atoms with Crippen LogP contribution < -0.4 is 5.32 Å². The SMILES string of the molecule is CNC(C)Cc1nc(Cc2ccccc2O)no1. The number of nitrogens with one attached hydrogen (secondary N) is 1. The van der Waals surface area contributed by atoms with E-state index in [4.69, 9.17) is 4.52 Å². The number of likely N-dealkylation sites (N-methyl/N-ethyl adjacent to an activating group) is 1. The van der Waals surface area contributed by atoms with Crippen LogP contribution in [0.4, 0.5) is 0 Å². The van der Waals surface area contributed by atoms with E-state index >= 15 is 0 Å². The summed E-state index contributed by atoms with van der Waals surface area (Å²) in [6.45, 7) is 2.05. The second kappa shape index (κ2) is 5.64. The summed E-state index contributed by atoms with van der Waals surface area (Å²) in [6.07, 6.45) is 1.17. The number of benzene rings is 1. The van der Waals surface area contributed by atoms with Crippen molar-refractivity contribution in [3.05, 3.63) is 41.5 Å². The summed E-state index contributed by atoms with van der Waals surface area (Å²) in [4.78, 5) is 4.31. The Bertz CT molecular complexity index is 510. The first-order valence-corrected chi connectivity index (χ1v) is 5.94. The number of hydrogen-bond acceptors (Lipinski definition) is 5. The molecule has 5 heteroatoms. The lowest BCUT2D eigenvalue weighted by Crippen LogP contribution is -2.23. The van der Waals surface area contributed by atoms with Crippen LogP contribution in [0.1, 0.15) is 24.2 Å². The zero-order valence-electron chi connectivity index (χ0n) is 10.6. The third-order valence-electron chi connectivity index (χ3n) is 2.82. The van der Waals surface area contributed by atoms with Gasteiger partial charge in [-0.2, -0.15) is 4.98 Å². The molecule has 2 aromatic rings. The Morgan fingerprint density at radius 3 is 2.89 bits per heavy atom. The Morgan fingerprint density at radius 2 is 2.17 bits per heavy atom. The summed E-state index contributed by atoms with van der Waals surface area (Å²) in [5, 5.41) is 16.7. The maximum absolute atomic E-state index is 9.67.